The number of rotatable bonds is 4. The molecule has 2 aromatic rings. The Balaban J connectivity index is 1.50. The Bertz CT molecular complexity index is 823. The summed E-state index contributed by atoms with van der Waals surface area (Å²) in [6.07, 6.45) is 0.844. The van der Waals surface area contributed by atoms with E-state index in [1.807, 2.05) is 42.5 Å². The summed E-state index contributed by atoms with van der Waals surface area (Å²) >= 11 is 9.79. The standard InChI is InChI=1S/C20H20BrClN2O2/c21-13-5-6-19(24-7-9-26-10-8-24)18(11-13)23-20(25)16-12-15(16)14-3-1-2-4-17(14)22/h1-6,11,15-16H,7-10,12H2,(H,23,25). The summed E-state index contributed by atoms with van der Waals surface area (Å²) in [5.41, 5.74) is 2.95. The van der Waals surface area contributed by atoms with E-state index in [4.69, 9.17) is 16.3 Å². The number of anilines is 2. The Morgan fingerprint density at radius 1 is 1.19 bits per heavy atom. The minimum Gasteiger partial charge on any atom is -0.378 e. The number of benzene rings is 2. The van der Waals surface area contributed by atoms with Crippen molar-refractivity contribution in [3.8, 4) is 0 Å². The van der Waals surface area contributed by atoms with Crippen LogP contribution in [-0.4, -0.2) is 32.2 Å². The van der Waals surface area contributed by atoms with Crippen LogP contribution in [0.25, 0.3) is 0 Å². The van der Waals surface area contributed by atoms with E-state index >= 15 is 0 Å². The first-order valence-electron chi connectivity index (χ1n) is 8.81. The lowest BCUT2D eigenvalue weighted by molar-refractivity contribution is -0.117. The predicted octanol–water partition coefficient (Wildman–Crippen LogP) is 4.68. The average Bonchev–Trinajstić information content (AvgIpc) is 3.44. The molecule has 0 bridgehead atoms. The number of carbonyl (C=O) groups is 1. The van der Waals surface area contributed by atoms with E-state index in [1.54, 1.807) is 0 Å². The molecule has 2 unspecified atom stereocenters. The molecule has 6 heteroatoms. The van der Waals surface area contributed by atoms with Crippen LogP contribution < -0.4 is 10.2 Å². The number of carbonyl (C=O) groups excluding carboxylic acids is 1. The number of ether oxygens (including phenoxy) is 1. The fraction of sp³-hybridized carbons (Fsp3) is 0.350. The topological polar surface area (TPSA) is 41.6 Å². The number of morpholine rings is 1. The highest BCUT2D eigenvalue weighted by Gasteiger charge is 2.45. The zero-order chi connectivity index (χ0) is 18.1. The van der Waals surface area contributed by atoms with E-state index in [0.717, 1.165) is 45.9 Å². The molecule has 0 spiro atoms. The van der Waals surface area contributed by atoms with Crippen LogP contribution in [-0.2, 0) is 9.53 Å². The highest BCUT2D eigenvalue weighted by Crippen LogP contribution is 2.50. The van der Waals surface area contributed by atoms with Crippen molar-refractivity contribution in [3.05, 3.63) is 57.5 Å². The van der Waals surface area contributed by atoms with Gasteiger partial charge in [-0.3, -0.25) is 4.79 Å². The molecule has 4 rings (SSSR count). The van der Waals surface area contributed by atoms with E-state index in [9.17, 15) is 4.79 Å². The van der Waals surface area contributed by atoms with Crippen molar-refractivity contribution in [1.29, 1.82) is 0 Å². The molecule has 1 aliphatic carbocycles. The van der Waals surface area contributed by atoms with E-state index in [1.165, 1.54) is 0 Å². The molecule has 2 fully saturated rings. The second-order valence-electron chi connectivity index (χ2n) is 6.72. The largest absolute Gasteiger partial charge is 0.378 e. The summed E-state index contributed by atoms with van der Waals surface area (Å²) in [6.45, 7) is 3.08. The summed E-state index contributed by atoms with van der Waals surface area (Å²) in [5, 5.41) is 3.88. The molecule has 2 aromatic carbocycles. The molecule has 1 amide bonds. The van der Waals surface area contributed by atoms with Crippen LogP contribution >= 0.6 is 27.5 Å². The highest BCUT2D eigenvalue weighted by molar-refractivity contribution is 9.10. The van der Waals surface area contributed by atoms with Crippen LogP contribution in [0.15, 0.2) is 46.9 Å². The number of hydrogen-bond donors (Lipinski definition) is 1. The molecule has 4 nitrogen and oxygen atoms in total. The van der Waals surface area contributed by atoms with Crippen molar-refractivity contribution in [3.63, 3.8) is 0 Å². The Morgan fingerprint density at radius 2 is 1.96 bits per heavy atom. The molecule has 1 N–H and O–H groups in total. The Labute approximate surface area is 166 Å². The van der Waals surface area contributed by atoms with Crippen LogP contribution in [0.5, 0.6) is 0 Å². The molecule has 1 saturated carbocycles. The van der Waals surface area contributed by atoms with Gasteiger partial charge in [0.2, 0.25) is 5.91 Å². The van der Waals surface area contributed by atoms with Crippen LogP contribution in [0.3, 0.4) is 0 Å². The molecule has 2 aliphatic rings. The van der Waals surface area contributed by atoms with Gasteiger partial charge in [-0.1, -0.05) is 45.7 Å². The number of amides is 1. The predicted molar refractivity (Wildman–Crippen MR) is 108 cm³/mol. The molecule has 0 aromatic heterocycles. The Kier molecular flexibility index (Phi) is 5.20. The van der Waals surface area contributed by atoms with Crippen LogP contribution in [0, 0.1) is 5.92 Å². The molecule has 1 saturated heterocycles. The van der Waals surface area contributed by atoms with Gasteiger partial charge >= 0.3 is 0 Å². The molecule has 1 heterocycles. The molecule has 0 radical (unpaired) electrons. The first-order chi connectivity index (χ1) is 12.6. The van der Waals surface area contributed by atoms with E-state index in [0.29, 0.717) is 13.2 Å². The zero-order valence-electron chi connectivity index (χ0n) is 14.3. The minimum atomic E-state index is -0.0218. The summed E-state index contributed by atoms with van der Waals surface area (Å²) in [5.74, 6) is 0.247. The third-order valence-corrected chi connectivity index (χ3v) is 5.84. The van der Waals surface area contributed by atoms with Crippen molar-refractivity contribution >= 4 is 44.8 Å². The Hall–Kier alpha value is -1.56. The third kappa shape index (κ3) is 3.75. The van der Waals surface area contributed by atoms with E-state index in [-0.39, 0.29) is 17.7 Å². The van der Waals surface area contributed by atoms with Crippen molar-refractivity contribution in [2.75, 3.05) is 36.5 Å². The van der Waals surface area contributed by atoms with E-state index < -0.39 is 0 Å². The Morgan fingerprint density at radius 3 is 2.73 bits per heavy atom. The summed E-state index contributed by atoms with van der Waals surface area (Å²) < 4.78 is 6.39. The van der Waals surface area contributed by atoms with Gasteiger partial charge in [0.25, 0.3) is 0 Å². The minimum absolute atomic E-state index is 0.0218. The van der Waals surface area contributed by atoms with Gasteiger partial charge in [0.05, 0.1) is 24.6 Å². The molecule has 2 atom stereocenters. The van der Waals surface area contributed by atoms with Crippen molar-refractivity contribution in [1.82, 2.24) is 0 Å². The summed E-state index contributed by atoms with van der Waals surface area (Å²) in [7, 11) is 0. The monoisotopic (exact) mass is 434 g/mol. The fourth-order valence-electron chi connectivity index (χ4n) is 3.52. The summed E-state index contributed by atoms with van der Waals surface area (Å²) in [6, 6.07) is 13.8. The maximum Gasteiger partial charge on any atom is 0.228 e. The van der Waals surface area contributed by atoms with Crippen LogP contribution in [0.4, 0.5) is 11.4 Å². The van der Waals surface area contributed by atoms with Gasteiger partial charge in [-0.25, -0.2) is 0 Å². The number of nitrogens with zero attached hydrogens (tertiary/aromatic N) is 1. The normalized spacial score (nSPS) is 22.2. The second-order valence-corrected chi connectivity index (χ2v) is 8.04. The van der Waals surface area contributed by atoms with Gasteiger partial charge < -0.3 is 15.0 Å². The van der Waals surface area contributed by atoms with Gasteiger partial charge in [0, 0.05) is 28.5 Å². The van der Waals surface area contributed by atoms with Crippen molar-refractivity contribution < 1.29 is 9.53 Å². The highest BCUT2D eigenvalue weighted by atomic mass is 79.9. The molecule has 1 aliphatic heterocycles. The number of halogens is 2. The average molecular weight is 436 g/mol. The maximum atomic E-state index is 12.8. The van der Waals surface area contributed by atoms with Crippen molar-refractivity contribution in [2.24, 2.45) is 5.92 Å². The molecule has 26 heavy (non-hydrogen) atoms. The third-order valence-electron chi connectivity index (χ3n) is 5.00. The smallest absolute Gasteiger partial charge is 0.228 e. The zero-order valence-corrected chi connectivity index (χ0v) is 16.6. The van der Waals surface area contributed by atoms with Gasteiger partial charge in [-0.05, 0) is 42.2 Å². The number of hydrogen-bond acceptors (Lipinski definition) is 3. The molecular formula is C20H20BrClN2O2. The quantitative estimate of drug-likeness (QED) is 0.758. The SMILES string of the molecule is O=C(Nc1cc(Br)ccc1N1CCOCC1)C1CC1c1ccccc1Cl. The van der Waals surface area contributed by atoms with Gasteiger partial charge in [0.1, 0.15) is 0 Å². The molecular weight excluding hydrogens is 416 g/mol. The fourth-order valence-corrected chi connectivity index (χ4v) is 4.16. The summed E-state index contributed by atoms with van der Waals surface area (Å²) in [4.78, 5) is 15.1. The van der Waals surface area contributed by atoms with Gasteiger partial charge in [-0.2, -0.15) is 0 Å². The van der Waals surface area contributed by atoms with Gasteiger partial charge in [-0.15, -0.1) is 0 Å². The van der Waals surface area contributed by atoms with Crippen LogP contribution in [0.2, 0.25) is 5.02 Å². The lowest BCUT2D eigenvalue weighted by Crippen LogP contribution is -2.36. The van der Waals surface area contributed by atoms with Crippen molar-refractivity contribution in [2.45, 2.75) is 12.3 Å². The first-order valence-corrected chi connectivity index (χ1v) is 9.98. The lowest BCUT2D eigenvalue weighted by atomic mass is 10.1. The van der Waals surface area contributed by atoms with Crippen LogP contribution in [0.1, 0.15) is 17.9 Å². The molecule has 136 valence electrons. The second kappa shape index (κ2) is 7.59. The van der Waals surface area contributed by atoms with Gasteiger partial charge in [0.15, 0.2) is 0 Å². The van der Waals surface area contributed by atoms with E-state index in [2.05, 4.69) is 26.1 Å². The first kappa shape index (κ1) is 17.8. The lowest BCUT2D eigenvalue weighted by Gasteiger charge is -2.30. The number of nitrogens with one attached hydrogen (secondary N) is 1. The maximum absolute atomic E-state index is 12.8.